The average Bonchev–Trinajstić information content (AvgIpc) is 2.13. The van der Waals surface area contributed by atoms with Crippen LogP contribution in [-0.4, -0.2) is 24.3 Å². The van der Waals surface area contributed by atoms with Gasteiger partial charge in [-0.15, -0.1) is 0 Å². The molecular formula is C11H12O6S. The molecule has 2 N–H and O–H groups in total. The lowest BCUT2D eigenvalue weighted by Crippen LogP contribution is -1.97. The van der Waals surface area contributed by atoms with Crippen LogP contribution < -0.4 is 5.63 Å². The second-order valence-corrected chi connectivity index (χ2v) is 5.13. The molecule has 0 atom stereocenters. The lowest BCUT2D eigenvalue weighted by molar-refractivity contribution is 0.473. The van der Waals surface area contributed by atoms with Crippen molar-refractivity contribution in [2.24, 2.45) is 0 Å². The van der Waals surface area contributed by atoms with Gasteiger partial charge in [0, 0.05) is 17.5 Å². The number of aromatic hydroxyl groups is 1. The highest BCUT2D eigenvalue weighted by Gasteiger charge is 2.01. The van der Waals surface area contributed by atoms with E-state index in [0.29, 0.717) is 11.8 Å². The van der Waals surface area contributed by atoms with Crippen LogP contribution in [-0.2, 0) is 10.1 Å². The van der Waals surface area contributed by atoms with Gasteiger partial charge in [0.1, 0.15) is 11.3 Å². The standard InChI is InChI=1S/C10H8O3.CH4O3S/c1-6-4-10(12)13-9-5-7(11)2-3-8(6)9;1-5(2,3)4/h2-5,11H,1H3;1H3,(H,2,3,4). The second kappa shape index (κ2) is 5.19. The van der Waals surface area contributed by atoms with Gasteiger partial charge in [-0.1, -0.05) is 0 Å². The predicted octanol–water partition coefficient (Wildman–Crippen LogP) is 1.31. The summed E-state index contributed by atoms with van der Waals surface area (Å²) in [6.45, 7) is 1.83. The Hall–Kier alpha value is -1.86. The molecule has 0 saturated heterocycles. The summed E-state index contributed by atoms with van der Waals surface area (Å²) in [5.74, 6) is 0.0984. The molecule has 1 aromatic carbocycles. The first-order valence-electron chi connectivity index (χ1n) is 4.83. The zero-order chi connectivity index (χ0) is 13.9. The van der Waals surface area contributed by atoms with Crippen LogP contribution in [0.1, 0.15) is 5.56 Å². The van der Waals surface area contributed by atoms with E-state index in [1.165, 1.54) is 12.1 Å². The van der Waals surface area contributed by atoms with Gasteiger partial charge in [0.25, 0.3) is 10.1 Å². The lowest BCUT2D eigenvalue weighted by atomic mass is 10.1. The van der Waals surface area contributed by atoms with Gasteiger partial charge in [0.15, 0.2) is 0 Å². The van der Waals surface area contributed by atoms with E-state index in [0.717, 1.165) is 10.9 Å². The van der Waals surface area contributed by atoms with Crippen LogP contribution >= 0.6 is 0 Å². The summed E-state index contributed by atoms with van der Waals surface area (Å²) in [7, 11) is -3.67. The molecule has 2 rings (SSSR count). The summed E-state index contributed by atoms with van der Waals surface area (Å²) in [4.78, 5) is 11.0. The smallest absolute Gasteiger partial charge is 0.336 e. The van der Waals surface area contributed by atoms with E-state index in [1.807, 2.05) is 6.92 Å². The fourth-order valence-electron chi connectivity index (χ4n) is 1.31. The van der Waals surface area contributed by atoms with Crippen molar-refractivity contribution in [3.05, 3.63) is 40.2 Å². The molecule has 0 bridgehead atoms. The van der Waals surface area contributed by atoms with Crippen LogP contribution in [0.3, 0.4) is 0 Å². The first-order chi connectivity index (χ1) is 8.16. The zero-order valence-electron chi connectivity index (χ0n) is 9.75. The third-order valence-electron chi connectivity index (χ3n) is 1.93. The Labute approximate surface area is 103 Å². The van der Waals surface area contributed by atoms with E-state index in [-0.39, 0.29) is 5.75 Å². The Morgan fingerprint density at radius 2 is 1.78 bits per heavy atom. The Morgan fingerprint density at radius 3 is 2.33 bits per heavy atom. The van der Waals surface area contributed by atoms with Gasteiger partial charge in [0.05, 0.1) is 6.26 Å². The molecule has 18 heavy (non-hydrogen) atoms. The van der Waals surface area contributed by atoms with E-state index < -0.39 is 15.7 Å². The maximum absolute atomic E-state index is 11.0. The summed E-state index contributed by atoms with van der Waals surface area (Å²) in [6.07, 6.45) is 0.715. The monoisotopic (exact) mass is 272 g/mol. The van der Waals surface area contributed by atoms with Crippen molar-refractivity contribution in [1.29, 1.82) is 0 Å². The van der Waals surface area contributed by atoms with E-state index in [9.17, 15) is 13.2 Å². The van der Waals surface area contributed by atoms with Crippen molar-refractivity contribution < 1.29 is 22.5 Å². The number of fused-ring (bicyclic) bond motifs is 1. The number of benzene rings is 1. The highest BCUT2D eigenvalue weighted by atomic mass is 32.2. The Kier molecular flexibility index (Phi) is 4.10. The fraction of sp³-hybridized carbons (Fsp3) is 0.182. The maximum Gasteiger partial charge on any atom is 0.336 e. The Bertz CT molecular complexity index is 706. The third kappa shape index (κ3) is 4.56. The summed E-state index contributed by atoms with van der Waals surface area (Å²) in [5.41, 5.74) is 0.881. The van der Waals surface area contributed by atoms with Crippen molar-refractivity contribution >= 4 is 21.1 Å². The highest BCUT2D eigenvalue weighted by Crippen LogP contribution is 2.20. The SMILES string of the molecule is CS(=O)(=O)O.Cc1cc(=O)oc2cc(O)ccc12. The number of phenolic OH excluding ortho intramolecular Hbond substituents is 1. The van der Waals surface area contributed by atoms with Crippen molar-refractivity contribution in [1.82, 2.24) is 0 Å². The number of hydrogen-bond donors (Lipinski definition) is 2. The summed E-state index contributed by atoms with van der Waals surface area (Å²) in [6, 6.07) is 6.15. The molecule has 0 unspecified atom stereocenters. The van der Waals surface area contributed by atoms with Gasteiger partial charge in [-0.3, -0.25) is 4.55 Å². The Balaban J connectivity index is 0.000000280. The second-order valence-electron chi connectivity index (χ2n) is 3.66. The van der Waals surface area contributed by atoms with E-state index >= 15 is 0 Å². The number of rotatable bonds is 0. The van der Waals surface area contributed by atoms with Gasteiger partial charge < -0.3 is 9.52 Å². The molecule has 0 fully saturated rings. The molecule has 0 amide bonds. The van der Waals surface area contributed by atoms with Gasteiger partial charge >= 0.3 is 5.63 Å². The number of hydrogen-bond acceptors (Lipinski definition) is 5. The molecule has 0 spiro atoms. The quantitative estimate of drug-likeness (QED) is 0.553. The molecule has 0 saturated carbocycles. The van der Waals surface area contributed by atoms with Gasteiger partial charge in [-0.05, 0) is 24.6 Å². The zero-order valence-corrected chi connectivity index (χ0v) is 10.6. The molecule has 2 aromatic rings. The Morgan fingerprint density at radius 1 is 1.22 bits per heavy atom. The van der Waals surface area contributed by atoms with Crippen LogP contribution in [0.4, 0.5) is 0 Å². The van der Waals surface area contributed by atoms with Gasteiger partial charge in [-0.2, -0.15) is 8.42 Å². The molecule has 0 aliphatic rings. The number of aryl methyl sites for hydroxylation is 1. The molecular weight excluding hydrogens is 260 g/mol. The van der Waals surface area contributed by atoms with Crippen LogP contribution in [0, 0.1) is 6.92 Å². The largest absolute Gasteiger partial charge is 0.508 e. The molecule has 1 aromatic heterocycles. The first kappa shape index (κ1) is 14.2. The fourth-order valence-corrected chi connectivity index (χ4v) is 1.31. The minimum absolute atomic E-state index is 0.0984. The molecule has 98 valence electrons. The molecule has 0 aliphatic heterocycles. The lowest BCUT2D eigenvalue weighted by Gasteiger charge is -1.99. The van der Waals surface area contributed by atoms with Crippen LogP contribution in [0.25, 0.3) is 11.0 Å². The predicted molar refractivity (Wildman–Crippen MR) is 66.4 cm³/mol. The average molecular weight is 272 g/mol. The summed E-state index contributed by atoms with van der Waals surface area (Å²) in [5, 5.41) is 9.99. The topological polar surface area (TPSA) is 105 Å². The minimum atomic E-state index is -3.67. The third-order valence-corrected chi connectivity index (χ3v) is 1.93. The van der Waals surface area contributed by atoms with Crippen molar-refractivity contribution in [3.8, 4) is 5.75 Å². The molecule has 1 heterocycles. The van der Waals surface area contributed by atoms with Crippen molar-refractivity contribution in [3.63, 3.8) is 0 Å². The maximum atomic E-state index is 11.0. The van der Waals surface area contributed by atoms with Crippen molar-refractivity contribution in [2.45, 2.75) is 6.92 Å². The molecule has 0 radical (unpaired) electrons. The van der Waals surface area contributed by atoms with Crippen LogP contribution in [0.5, 0.6) is 5.75 Å². The first-order valence-corrected chi connectivity index (χ1v) is 6.67. The summed E-state index contributed by atoms with van der Waals surface area (Å²) >= 11 is 0. The normalized spacial score (nSPS) is 10.8. The minimum Gasteiger partial charge on any atom is -0.508 e. The molecule has 0 aliphatic carbocycles. The molecule has 7 heteroatoms. The number of phenols is 1. The van der Waals surface area contributed by atoms with Gasteiger partial charge in [0.2, 0.25) is 0 Å². The molecule has 6 nitrogen and oxygen atoms in total. The van der Waals surface area contributed by atoms with Gasteiger partial charge in [-0.25, -0.2) is 4.79 Å². The van der Waals surface area contributed by atoms with E-state index in [1.54, 1.807) is 12.1 Å². The van der Waals surface area contributed by atoms with E-state index in [4.69, 9.17) is 14.1 Å². The van der Waals surface area contributed by atoms with Crippen LogP contribution in [0.15, 0.2) is 33.5 Å². The highest BCUT2D eigenvalue weighted by molar-refractivity contribution is 7.85. The van der Waals surface area contributed by atoms with E-state index in [2.05, 4.69) is 0 Å². The van der Waals surface area contributed by atoms with Crippen molar-refractivity contribution in [2.75, 3.05) is 6.26 Å². The summed E-state index contributed by atoms with van der Waals surface area (Å²) < 4.78 is 30.8. The van der Waals surface area contributed by atoms with Crippen LogP contribution in [0.2, 0.25) is 0 Å².